The van der Waals surface area contributed by atoms with E-state index in [2.05, 4.69) is 25.9 Å². The number of carbonyl (C=O) groups excluding carboxylic acids is 3. The van der Waals surface area contributed by atoms with E-state index in [4.69, 9.17) is 10.8 Å². The molecule has 1 aromatic rings. The van der Waals surface area contributed by atoms with Gasteiger partial charge in [0.05, 0.1) is 24.9 Å². The van der Waals surface area contributed by atoms with Crippen LogP contribution in [-0.4, -0.2) is 97.2 Å². The Labute approximate surface area is 199 Å². The summed E-state index contributed by atoms with van der Waals surface area (Å²) in [7, 11) is 0. The van der Waals surface area contributed by atoms with Crippen LogP contribution in [0.15, 0.2) is 12.5 Å². The molecule has 0 aliphatic carbocycles. The maximum atomic E-state index is 12.9. The van der Waals surface area contributed by atoms with E-state index in [0.717, 1.165) is 0 Å². The maximum Gasteiger partial charge on any atom is 0.326 e. The lowest BCUT2D eigenvalue weighted by atomic mass is 10.1. The second kappa shape index (κ2) is 14.2. The van der Waals surface area contributed by atoms with Crippen molar-refractivity contribution in [2.24, 2.45) is 5.73 Å². The number of nitrogens with one attached hydrogen (secondary N) is 4. The molecule has 1 aromatic heterocycles. The van der Waals surface area contributed by atoms with Crippen molar-refractivity contribution in [3.05, 3.63) is 18.2 Å². The van der Waals surface area contributed by atoms with Crippen LogP contribution in [0.5, 0.6) is 0 Å². The standard InChI is InChI=1S/C19H30N6O8S/c1-9(26)15(25-16(29)11(20)3-4-34-2)18(31)23-12(5-10-7-21-8-22-10)17(30)24-13(19(32)33)6-14(27)28/h7-9,11-13,15,26H,3-6,20H2,1-2H3,(H,21,22)(H,23,31)(H,24,30)(H,25,29)(H,27,28)(H,32,33). The first-order chi connectivity index (χ1) is 16.0. The van der Waals surface area contributed by atoms with Crippen molar-refractivity contribution >= 4 is 41.4 Å². The van der Waals surface area contributed by atoms with Crippen molar-refractivity contribution in [2.75, 3.05) is 12.0 Å². The average molecular weight is 503 g/mol. The van der Waals surface area contributed by atoms with Gasteiger partial charge < -0.3 is 42.0 Å². The largest absolute Gasteiger partial charge is 0.481 e. The normalized spacial score (nSPS) is 15.3. The van der Waals surface area contributed by atoms with E-state index in [1.54, 1.807) is 0 Å². The summed E-state index contributed by atoms with van der Waals surface area (Å²) in [6.45, 7) is 1.26. The molecular weight excluding hydrogens is 472 g/mol. The van der Waals surface area contributed by atoms with Gasteiger partial charge in [-0.3, -0.25) is 19.2 Å². The molecule has 0 aromatic carbocycles. The molecule has 0 saturated carbocycles. The van der Waals surface area contributed by atoms with Crippen LogP contribution in [0.25, 0.3) is 0 Å². The highest BCUT2D eigenvalue weighted by Crippen LogP contribution is 2.05. The van der Waals surface area contributed by atoms with Crippen molar-refractivity contribution < 1.29 is 39.3 Å². The molecule has 3 amide bonds. The number of nitrogens with two attached hydrogens (primary N) is 1. The average Bonchev–Trinajstić information content (AvgIpc) is 3.26. The molecule has 14 nitrogen and oxygen atoms in total. The number of thioether (sulfide) groups is 1. The van der Waals surface area contributed by atoms with E-state index in [1.165, 1.54) is 31.2 Å². The van der Waals surface area contributed by atoms with Gasteiger partial charge in [0.1, 0.15) is 18.1 Å². The van der Waals surface area contributed by atoms with E-state index < -0.39 is 66.4 Å². The van der Waals surface area contributed by atoms with Crippen molar-refractivity contribution in [1.82, 2.24) is 25.9 Å². The fraction of sp³-hybridized carbons (Fsp3) is 0.579. The number of H-pyrrole nitrogens is 1. The van der Waals surface area contributed by atoms with Crippen LogP contribution in [0.4, 0.5) is 0 Å². The van der Waals surface area contributed by atoms with Gasteiger partial charge in [0.25, 0.3) is 0 Å². The number of carboxylic acids is 2. The van der Waals surface area contributed by atoms with Gasteiger partial charge in [-0.25, -0.2) is 9.78 Å². The van der Waals surface area contributed by atoms with Crippen LogP contribution in [0.2, 0.25) is 0 Å². The van der Waals surface area contributed by atoms with Crippen molar-refractivity contribution in [3.8, 4) is 0 Å². The van der Waals surface area contributed by atoms with E-state index in [-0.39, 0.29) is 6.42 Å². The van der Waals surface area contributed by atoms with Crippen LogP contribution in [-0.2, 0) is 30.4 Å². The fourth-order valence-corrected chi connectivity index (χ4v) is 3.27. The summed E-state index contributed by atoms with van der Waals surface area (Å²) in [5.41, 5.74) is 6.20. The number of carboxylic acid groups (broad SMARTS) is 2. The van der Waals surface area contributed by atoms with Gasteiger partial charge >= 0.3 is 11.9 Å². The monoisotopic (exact) mass is 502 g/mol. The molecule has 5 atom stereocenters. The number of aromatic nitrogens is 2. The highest BCUT2D eigenvalue weighted by molar-refractivity contribution is 7.98. The highest BCUT2D eigenvalue weighted by atomic mass is 32.2. The summed E-state index contributed by atoms with van der Waals surface area (Å²) in [5, 5.41) is 34.9. The number of amides is 3. The van der Waals surface area contributed by atoms with Crippen LogP contribution in [0.3, 0.4) is 0 Å². The Balaban J connectivity index is 3.01. The van der Waals surface area contributed by atoms with Gasteiger partial charge in [0.15, 0.2) is 0 Å². The third-order valence-electron chi connectivity index (χ3n) is 4.64. The molecule has 1 rings (SSSR count). The minimum atomic E-state index is -1.74. The topological polar surface area (TPSA) is 237 Å². The second-order valence-electron chi connectivity index (χ2n) is 7.45. The predicted octanol–water partition coefficient (Wildman–Crippen LogP) is -2.57. The van der Waals surface area contributed by atoms with Gasteiger partial charge in [-0.1, -0.05) is 0 Å². The Morgan fingerprint density at radius 3 is 2.24 bits per heavy atom. The summed E-state index contributed by atoms with van der Waals surface area (Å²) in [6, 6.07) is -5.50. The summed E-state index contributed by atoms with van der Waals surface area (Å²) in [6.07, 6.45) is 2.48. The van der Waals surface area contributed by atoms with Gasteiger partial charge in [-0.15, -0.1) is 0 Å². The zero-order valence-electron chi connectivity index (χ0n) is 18.7. The molecule has 0 aliphatic heterocycles. The van der Waals surface area contributed by atoms with Crippen molar-refractivity contribution in [1.29, 1.82) is 0 Å². The number of carbonyl (C=O) groups is 5. The summed E-state index contributed by atoms with van der Waals surface area (Å²) in [5.74, 6) is -4.99. The SMILES string of the molecule is CSCCC(N)C(=O)NC(C(=O)NC(Cc1cnc[nH]1)C(=O)NC(CC(=O)O)C(=O)O)C(C)O. The Bertz CT molecular complexity index is 850. The molecule has 15 heteroatoms. The molecule has 9 N–H and O–H groups in total. The zero-order chi connectivity index (χ0) is 25.8. The molecule has 0 saturated heterocycles. The zero-order valence-corrected chi connectivity index (χ0v) is 19.5. The summed E-state index contributed by atoms with van der Waals surface area (Å²) < 4.78 is 0. The quantitative estimate of drug-likeness (QED) is 0.124. The Morgan fingerprint density at radius 1 is 1.09 bits per heavy atom. The third kappa shape index (κ3) is 9.76. The maximum absolute atomic E-state index is 12.9. The molecule has 5 unspecified atom stereocenters. The van der Waals surface area contributed by atoms with Crippen LogP contribution in [0.1, 0.15) is 25.5 Å². The summed E-state index contributed by atoms with van der Waals surface area (Å²) >= 11 is 1.48. The minimum absolute atomic E-state index is 0.162. The van der Waals surface area contributed by atoms with E-state index in [0.29, 0.717) is 17.9 Å². The molecule has 0 bridgehead atoms. The smallest absolute Gasteiger partial charge is 0.326 e. The molecule has 0 radical (unpaired) electrons. The molecular formula is C19H30N6O8S. The lowest BCUT2D eigenvalue weighted by Gasteiger charge is -2.26. The minimum Gasteiger partial charge on any atom is -0.481 e. The van der Waals surface area contributed by atoms with Gasteiger partial charge in [0.2, 0.25) is 17.7 Å². The third-order valence-corrected chi connectivity index (χ3v) is 5.28. The van der Waals surface area contributed by atoms with E-state index in [1.807, 2.05) is 6.26 Å². The first kappa shape index (κ1) is 28.9. The van der Waals surface area contributed by atoms with Crippen LogP contribution < -0.4 is 21.7 Å². The number of aliphatic hydroxyl groups excluding tert-OH is 1. The van der Waals surface area contributed by atoms with Gasteiger partial charge in [-0.05, 0) is 25.4 Å². The Hall–Kier alpha value is -3.17. The summed E-state index contributed by atoms with van der Waals surface area (Å²) in [4.78, 5) is 66.7. The lowest BCUT2D eigenvalue weighted by Crippen LogP contribution is -2.60. The predicted molar refractivity (Wildman–Crippen MR) is 121 cm³/mol. The Morgan fingerprint density at radius 2 is 1.74 bits per heavy atom. The van der Waals surface area contributed by atoms with Crippen LogP contribution >= 0.6 is 11.8 Å². The molecule has 1 heterocycles. The molecule has 190 valence electrons. The number of imidazole rings is 1. The number of rotatable bonds is 15. The van der Waals surface area contributed by atoms with E-state index in [9.17, 15) is 34.2 Å². The highest BCUT2D eigenvalue weighted by Gasteiger charge is 2.33. The molecule has 0 spiro atoms. The van der Waals surface area contributed by atoms with Crippen molar-refractivity contribution in [3.63, 3.8) is 0 Å². The number of aliphatic hydroxyl groups is 1. The lowest BCUT2D eigenvalue weighted by molar-refractivity contribution is -0.147. The molecule has 34 heavy (non-hydrogen) atoms. The fourth-order valence-electron chi connectivity index (χ4n) is 2.78. The number of nitrogens with zero attached hydrogens (tertiary/aromatic N) is 1. The number of hydrogen-bond acceptors (Lipinski definition) is 9. The van der Waals surface area contributed by atoms with Gasteiger partial charge in [0, 0.05) is 18.3 Å². The van der Waals surface area contributed by atoms with Crippen molar-refractivity contribution in [2.45, 2.75) is 56.5 Å². The second-order valence-corrected chi connectivity index (χ2v) is 8.44. The number of hydrogen-bond donors (Lipinski definition) is 8. The number of aromatic amines is 1. The first-order valence-corrected chi connectivity index (χ1v) is 11.6. The van der Waals surface area contributed by atoms with Crippen LogP contribution in [0, 0.1) is 0 Å². The molecule has 0 fully saturated rings. The van der Waals surface area contributed by atoms with Gasteiger partial charge in [-0.2, -0.15) is 11.8 Å². The molecule has 0 aliphatic rings. The first-order valence-electron chi connectivity index (χ1n) is 10.2. The number of aliphatic carboxylic acids is 2. The Kier molecular flexibility index (Phi) is 12.0. The van der Waals surface area contributed by atoms with E-state index >= 15 is 0 Å².